The molecule has 1 saturated carbocycles. The van der Waals surface area contributed by atoms with E-state index in [4.69, 9.17) is 23.2 Å². The Labute approximate surface area is 225 Å². The molecule has 2 aliphatic rings. The standard InChI is InChI=1S/C26H26Cl2N2O4S2/c1-29-22(16-8-4-2-5-9-16)15-30(17-10-6-3-7-11-17)21-14-20(27)18(13-24(21)36(29,33)34)23-12-19(26(31)32)25(28)35-23/h3,6-7,10-14,16,22H,2,4-5,8-9,15H2,1H3,(H,31,32)/t22-/m0/s1. The SMILES string of the molecule is CN1[C@H](C2CCCCC2)CN(c2ccccc2)c2cc(Cl)c(-c3cc(C(=O)O)c(Cl)s3)cc2S1(=O)=O. The Kier molecular flexibility index (Phi) is 7.09. The van der Waals surface area contributed by atoms with E-state index in [0.29, 0.717) is 27.7 Å². The third kappa shape index (κ3) is 4.54. The van der Waals surface area contributed by atoms with Crippen LogP contribution in [0.4, 0.5) is 11.4 Å². The first-order valence-electron chi connectivity index (χ1n) is 11.9. The van der Waals surface area contributed by atoms with Gasteiger partial charge in [-0.25, -0.2) is 13.2 Å². The summed E-state index contributed by atoms with van der Waals surface area (Å²) in [6, 6.07) is 14.2. The summed E-state index contributed by atoms with van der Waals surface area (Å²) in [6.45, 7) is 0.515. The molecular weight excluding hydrogens is 539 g/mol. The highest BCUT2D eigenvalue weighted by Crippen LogP contribution is 2.46. The van der Waals surface area contributed by atoms with Gasteiger partial charge >= 0.3 is 5.97 Å². The first-order chi connectivity index (χ1) is 17.2. The van der Waals surface area contributed by atoms with Crippen LogP contribution in [0, 0.1) is 5.92 Å². The Morgan fingerprint density at radius 2 is 1.75 bits per heavy atom. The van der Waals surface area contributed by atoms with Crippen molar-refractivity contribution in [2.45, 2.75) is 43.0 Å². The molecule has 1 atom stereocenters. The van der Waals surface area contributed by atoms with Crippen molar-refractivity contribution in [2.75, 3.05) is 18.5 Å². The fraction of sp³-hybridized carbons (Fsp3) is 0.346. The molecule has 6 nitrogen and oxygen atoms in total. The minimum absolute atomic E-state index is 0.0362. The average molecular weight is 566 g/mol. The number of sulfonamides is 1. The summed E-state index contributed by atoms with van der Waals surface area (Å²) in [7, 11) is -2.20. The molecule has 5 rings (SSSR count). The van der Waals surface area contributed by atoms with Crippen LogP contribution in [0.5, 0.6) is 0 Å². The van der Waals surface area contributed by atoms with E-state index in [9.17, 15) is 18.3 Å². The minimum atomic E-state index is -3.88. The zero-order chi connectivity index (χ0) is 25.6. The van der Waals surface area contributed by atoms with Crippen molar-refractivity contribution < 1.29 is 18.3 Å². The molecule has 3 aromatic rings. The largest absolute Gasteiger partial charge is 0.478 e. The first kappa shape index (κ1) is 25.5. The van der Waals surface area contributed by atoms with Gasteiger partial charge in [0.25, 0.3) is 0 Å². The summed E-state index contributed by atoms with van der Waals surface area (Å²) in [5, 5.41) is 9.77. The number of carbonyl (C=O) groups is 1. The van der Waals surface area contributed by atoms with Gasteiger partial charge in [-0.2, -0.15) is 4.31 Å². The van der Waals surface area contributed by atoms with Gasteiger partial charge in [0.15, 0.2) is 0 Å². The molecule has 0 saturated heterocycles. The smallest absolute Gasteiger partial charge is 0.338 e. The highest BCUT2D eigenvalue weighted by molar-refractivity contribution is 7.89. The van der Waals surface area contributed by atoms with Gasteiger partial charge in [-0.1, -0.05) is 60.7 Å². The molecule has 1 aromatic heterocycles. The maximum atomic E-state index is 14.1. The third-order valence-electron chi connectivity index (χ3n) is 7.28. The molecule has 190 valence electrons. The van der Waals surface area contributed by atoms with E-state index in [1.807, 2.05) is 30.3 Å². The number of likely N-dealkylation sites (N-methyl/N-ethyl adjacent to an activating group) is 1. The van der Waals surface area contributed by atoms with Gasteiger partial charge in [0, 0.05) is 35.8 Å². The maximum absolute atomic E-state index is 14.1. The molecular formula is C26H26Cl2N2O4S2. The quantitative estimate of drug-likeness (QED) is 0.364. The molecule has 2 aromatic carbocycles. The van der Waals surface area contributed by atoms with E-state index in [2.05, 4.69) is 4.90 Å². The van der Waals surface area contributed by atoms with Crippen LogP contribution in [0.1, 0.15) is 42.5 Å². The van der Waals surface area contributed by atoms with Gasteiger partial charge in [-0.15, -0.1) is 11.3 Å². The molecule has 0 amide bonds. The summed E-state index contributed by atoms with van der Waals surface area (Å²) in [5.74, 6) is -0.880. The second-order valence-electron chi connectivity index (χ2n) is 9.34. The molecule has 0 spiro atoms. The van der Waals surface area contributed by atoms with E-state index in [1.54, 1.807) is 19.2 Å². The summed E-state index contributed by atoms with van der Waals surface area (Å²) >= 11 is 14.0. The molecule has 1 aliphatic heterocycles. The molecule has 36 heavy (non-hydrogen) atoms. The Balaban J connectivity index is 1.70. The lowest BCUT2D eigenvalue weighted by Crippen LogP contribution is -2.46. The first-order valence-corrected chi connectivity index (χ1v) is 14.9. The van der Waals surface area contributed by atoms with E-state index in [-0.39, 0.29) is 26.8 Å². The molecule has 0 radical (unpaired) electrons. The summed E-state index contributed by atoms with van der Waals surface area (Å²) < 4.78 is 29.8. The minimum Gasteiger partial charge on any atom is -0.478 e. The summed E-state index contributed by atoms with van der Waals surface area (Å²) in [6.07, 6.45) is 5.40. The summed E-state index contributed by atoms with van der Waals surface area (Å²) in [5.41, 5.74) is 1.81. The van der Waals surface area contributed by atoms with Crippen LogP contribution in [-0.4, -0.2) is 43.4 Å². The number of aromatic carboxylic acids is 1. The van der Waals surface area contributed by atoms with Crippen molar-refractivity contribution in [3.63, 3.8) is 0 Å². The predicted molar refractivity (Wildman–Crippen MR) is 145 cm³/mol. The van der Waals surface area contributed by atoms with Crippen LogP contribution in [0.15, 0.2) is 53.4 Å². The zero-order valence-corrected chi connectivity index (χ0v) is 22.8. The van der Waals surface area contributed by atoms with Gasteiger partial charge in [0.05, 0.1) is 16.3 Å². The highest BCUT2D eigenvalue weighted by Gasteiger charge is 2.41. The number of hydrogen-bond acceptors (Lipinski definition) is 5. The number of anilines is 2. The average Bonchev–Trinajstić information content (AvgIpc) is 3.23. The summed E-state index contributed by atoms with van der Waals surface area (Å²) in [4.78, 5) is 14.2. The van der Waals surface area contributed by atoms with Gasteiger partial charge in [0.1, 0.15) is 9.23 Å². The van der Waals surface area contributed by atoms with Crippen LogP contribution < -0.4 is 4.90 Å². The van der Waals surface area contributed by atoms with E-state index in [1.165, 1.54) is 16.8 Å². The second-order valence-corrected chi connectivity index (χ2v) is 13.4. The number of para-hydroxylation sites is 1. The maximum Gasteiger partial charge on any atom is 0.338 e. The Morgan fingerprint density at radius 3 is 2.39 bits per heavy atom. The lowest BCUT2D eigenvalue weighted by atomic mass is 9.83. The predicted octanol–water partition coefficient (Wildman–Crippen LogP) is 7.14. The monoisotopic (exact) mass is 564 g/mol. The van der Waals surface area contributed by atoms with Crippen molar-refractivity contribution in [1.82, 2.24) is 4.31 Å². The fourth-order valence-electron chi connectivity index (χ4n) is 5.35. The molecule has 0 unspecified atom stereocenters. The van der Waals surface area contributed by atoms with Crippen LogP contribution in [0.3, 0.4) is 0 Å². The Hall–Kier alpha value is -2.10. The number of carboxylic acids is 1. The molecule has 1 fully saturated rings. The Morgan fingerprint density at radius 1 is 1.06 bits per heavy atom. The zero-order valence-electron chi connectivity index (χ0n) is 19.7. The van der Waals surface area contributed by atoms with E-state index >= 15 is 0 Å². The lowest BCUT2D eigenvalue weighted by molar-refractivity contribution is 0.0697. The van der Waals surface area contributed by atoms with Crippen LogP contribution in [0.2, 0.25) is 9.36 Å². The van der Waals surface area contributed by atoms with Crippen molar-refractivity contribution in [2.24, 2.45) is 5.92 Å². The molecule has 1 aliphatic carbocycles. The van der Waals surface area contributed by atoms with Crippen molar-refractivity contribution in [3.8, 4) is 10.4 Å². The van der Waals surface area contributed by atoms with E-state index in [0.717, 1.165) is 42.7 Å². The van der Waals surface area contributed by atoms with Crippen molar-refractivity contribution in [1.29, 1.82) is 0 Å². The van der Waals surface area contributed by atoms with E-state index < -0.39 is 16.0 Å². The van der Waals surface area contributed by atoms with Gasteiger partial charge in [-0.05, 0) is 49.1 Å². The van der Waals surface area contributed by atoms with Gasteiger partial charge in [-0.3, -0.25) is 0 Å². The van der Waals surface area contributed by atoms with Gasteiger partial charge in [0.2, 0.25) is 10.0 Å². The topological polar surface area (TPSA) is 77.9 Å². The number of nitrogens with zero attached hydrogens (tertiary/aromatic N) is 2. The number of hydrogen-bond donors (Lipinski definition) is 1. The lowest BCUT2D eigenvalue weighted by Gasteiger charge is -2.36. The van der Waals surface area contributed by atoms with Crippen molar-refractivity contribution in [3.05, 3.63) is 63.5 Å². The third-order valence-corrected chi connectivity index (χ3v) is 10.9. The van der Waals surface area contributed by atoms with Crippen LogP contribution in [0.25, 0.3) is 10.4 Å². The van der Waals surface area contributed by atoms with Crippen molar-refractivity contribution >= 4 is 61.9 Å². The Bertz CT molecular complexity index is 1400. The number of halogens is 2. The molecule has 10 heteroatoms. The second kappa shape index (κ2) is 9.99. The van der Waals surface area contributed by atoms with Crippen LogP contribution in [-0.2, 0) is 10.0 Å². The number of carboxylic acid groups (broad SMARTS) is 1. The van der Waals surface area contributed by atoms with Crippen LogP contribution >= 0.6 is 34.5 Å². The fourth-order valence-corrected chi connectivity index (χ4v) is 8.56. The number of fused-ring (bicyclic) bond motifs is 1. The number of thiophene rings is 1. The normalized spacial score (nSPS) is 20.6. The molecule has 1 N–H and O–H groups in total. The number of rotatable bonds is 4. The molecule has 0 bridgehead atoms. The number of benzene rings is 2. The molecule has 2 heterocycles. The van der Waals surface area contributed by atoms with Gasteiger partial charge < -0.3 is 10.0 Å². The highest BCUT2D eigenvalue weighted by atomic mass is 35.5.